The van der Waals surface area contributed by atoms with Crippen molar-refractivity contribution in [3.05, 3.63) is 12.2 Å². The van der Waals surface area contributed by atoms with Crippen molar-refractivity contribution in [3.8, 4) is 0 Å². The van der Waals surface area contributed by atoms with Gasteiger partial charge in [-0.3, -0.25) is 21.4 Å². The fraction of sp³-hybridized carbons (Fsp3) is 0.857. The number of fused-ring (bicyclic) bond motifs is 1. The van der Waals surface area contributed by atoms with E-state index >= 15 is 0 Å². The van der Waals surface area contributed by atoms with E-state index in [0.29, 0.717) is 30.3 Å². The number of hydrazine groups is 1. The van der Waals surface area contributed by atoms with Gasteiger partial charge in [0.25, 0.3) is 0 Å². The average molecular weight is 265 g/mol. The summed E-state index contributed by atoms with van der Waals surface area (Å²) >= 11 is 0. The Morgan fingerprint density at radius 2 is 1.74 bits per heavy atom. The highest BCUT2D eigenvalue weighted by molar-refractivity contribution is 5.06. The van der Waals surface area contributed by atoms with E-state index in [1.54, 1.807) is 0 Å². The molecule has 2 heterocycles. The molecule has 0 aromatic heterocycles. The predicted molar refractivity (Wildman–Crippen MR) is 77.1 cm³/mol. The molecule has 3 atom stereocenters. The van der Waals surface area contributed by atoms with E-state index < -0.39 is 0 Å². The summed E-state index contributed by atoms with van der Waals surface area (Å²) in [6, 6.07) is 1.66. The van der Waals surface area contributed by atoms with Crippen LogP contribution in [-0.4, -0.2) is 54.0 Å². The summed E-state index contributed by atoms with van der Waals surface area (Å²) in [5, 5.41) is 9.50. The number of rotatable bonds is 2. The molecule has 0 radical (unpaired) electrons. The third kappa shape index (κ3) is 2.71. The first-order chi connectivity index (χ1) is 9.15. The van der Waals surface area contributed by atoms with Crippen molar-refractivity contribution in [1.82, 2.24) is 20.5 Å². The number of piperazine rings is 1. The van der Waals surface area contributed by atoms with Crippen LogP contribution in [0.15, 0.2) is 12.2 Å². The second-order valence-electron chi connectivity index (χ2n) is 6.44. The van der Waals surface area contributed by atoms with E-state index in [9.17, 15) is 0 Å². The molecule has 0 amide bonds. The Bertz CT molecular complexity index is 327. The molecule has 2 aliphatic heterocycles. The van der Waals surface area contributed by atoms with Crippen molar-refractivity contribution < 1.29 is 0 Å². The van der Waals surface area contributed by atoms with Gasteiger partial charge in [-0.25, -0.2) is 5.01 Å². The van der Waals surface area contributed by atoms with Crippen LogP contribution in [0.2, 0.25) is 0 Å². The van der Waals surface area contributed by atoms with Gasteiger partial charge in [0.15, 0.2) is 0 Å². The number of nitrogens with one attached hydrogen (secondary N) is 2. The summed E-state index contributed by atoms with van der Waals surface area (Å²) < 4.78 is 0. The molecule has 3 unspecified atom stereocenters. The van der Waals surface area contributed by atoms with Crippen molar-refractivity contribution in [2.45, 2.75) is 51.1 Å². The van der Waals surface area contributed by atoms with Crippen LogP contribution in [-0.2, 0) is 0 Å². The van der Waals surface area contributed by atoms with Gasteiger partial charge in [-0.1, -0.05) is 26.0 Å². The molecule has 0 aromatic rings. The van der Waals surface area contributed by atoms with Crippen molar-refractivity contribution in [3.63, 3.8) is 0 Å². The molecule has 2 fully saturated rings. The molecule has 3 aliphatic rings. The van der Waals surface area contributed by atoms with Gasteiger partial charge in [0.05, 0.1) is 0 Å². The Morgan fingerprint density at radius 1 is 1.11 bits per heavy atom. The van der Waals surface area contributed by atoms with Crippen LogP contribution in [0.3, 0.4) is 0 Å². The van der Waals surface area contributed by atoms with Crippen molar-refractivity contribution in [2.75, 3.05) is 19.6 Å². The smallest absolute Gasteiger partial charge is 0.115 e. The minimum atomic E-state index is 0.324. The highest BCUT2D eigenvalue weighted by Crippen LogP contribution is 2.21. The molecule has 5 heteroatoms. The lowest BCUT2D eigenvalue weighted by molar-refractivity contribution is 0.0160. The zero-order valence-electron chi connectivity index (χ0n) is 12.0. The van der Waals surface area contributed by atoms with Crippen molar-refractivity contribution >= 4 is 0 Å². The van der Waals surface area contributed by atoms with E-state index in [-0.39, 0.29) is 0 Å². The molecule has 108 valence electrons. The summed E-state index contributed by atoms with van der Waals surface area (Å²) in [5.74, 6) is 6.71. The largest absolute Gasteiger partial charge is 0.285 e. The maximum atomic E-state index is 6.11. The van der Waals surface area contributed by atoms with Gasteiger partial charge >= 0.3 is 0 Å². The highest BCUT2D eigenvalue weighted by Gasteiger charge is 2.38. The lowest BCUT2D eigenvalue weighted by Gasteiger charge is -2.43. The summed E-state index contributed by atoms with van der Waals surface area (Å²) in [6.45, 7) is 7.56. The minimum Gasteiger partial charge on any atom is -0.285 e. The molecule has 19 heavy (non-hydrogen) atoms. The van der Waals surface area contributed by atoms with Crippen LogP contribution < -0.4 is 16.5 Å². The Labute approximate surface area is 116 Å². The van der Waals surface area contributed by atoms with Gasteiger partial charge in [0, 0.05) is 37.8 Å². The predicted octanol–water partition coefficient (Wildman–Crippen LogP) is 0.0659. The van der Waals surface area contributed by atoms with Crippen LogP contribution in [0.5, 0.6) is 0 Å². The number of hydrogen-bond donors (Lipinski definition) is 3. The normalized spacial score (nSPS) is 40.8. The van der Waals surface area contributed by atoms with Gasteiger partial charge in [-0.2, -0.15) is 0 Å². The van der Waals surface area contributed by atoms with Crippen LogP contribution >= 0.6 is 0 Å². The van der Waals surface area contributed by atoms with Crippen molar-refractivity contribution in [2.24, 2.45) is 11.8 Å². The molecule has 4 N–H and O–H groups in total. The number of nitrogens with two attached hydrogens (primary N) is 1. The Balaban J connectivity index is 1.61. The van der Waals surface area contributed by atoms with E-state index in [0.717, 1.165) is 32.5 Å². The van der Waals surface area contributed by atoms with Crippen molar-refractivity contribution in [1.29, 1.82) is 0 Å². The lowest BCUT2D eigenvalue weighted by Crippen LogP contribution is -2.63. The molecule has 0 saturated carbocycles. The molecular weight excluding hydrogens is 238 g/mol. The second kappa shape index (κ2) is 5.50. The van der Waals surface area contributed by atoms with Gasteiger partial charge < -0.3 is 0 Å². The quantitative estimate of drug-likeness (QED) is 0.487. The van der Waals surface area contributed by atoms with E-state index in [1.807, 2.05) is 5.01 Å². The Hall–Kier alpha value is -0.460. The average Bonchev–Trinajstić information content (AvgIpc) is 2.82. The summed E-state index contributed by atoms with van der Waals surface area (Å²) in [7, 11) is 0. The summed E-state index contributed by atoms with van der Waals surface area (Å²) in [4.78, 5) is 2.52. The van der Waals surface area contributed by atoms with E-state index in [4.69, 9.17) is 5.84 Å². The fourth-order valence-electron chi connectivity index (χ4n) is 3.52. The lowest BCUT2D eigenvalue weighted by atomic mass is 9.98. The fourth-order valence-corrected chi connectivity index (χ4v) is 3.52. The first kappa shape index (κ1) is 13.5. The monoisotopic (exact) mass is 265 g/mol. The standard InChI is InChI=1S/C14H27N5/c1-10(2)13-9-18(7-8-19(13)15)14-16-11-5-3-4-6-12(11)17-14/h3-4,10-14,16-17H,5-9,15H2,1-2H3. The molecule has 3 rings (SSSR count). The highest BCUT2D eigenvalue weighted by atomic mass is 15.5. The maximum Gasteiger partial charge on any atom is 0.115 e. The molecule has 0 aromatic carbocycles. The third-order valence-corrected chi connectivity index (χ3v) is 4.80. The van der Waals surface area contributed by atoms with Gasteiger partial charge in [0.1, 0.15) is 6.29 Å². The molecule has 2 saturated heterocycles. The van der Waals surface area contributed by atoms with Crippen LogP contribution in [0.1, 0.15) is 26.7 Å². The van der Waals surface area contributed by atoms with Crippen LogP contribution in [0, 0.1) is 5.92 Å². The minimum absolute atomic E-state index is 0.324. The molecular formula is C14H27N5. The molecule has 0 bridgehead atoms. The van der Waals surface area contributed by atoms with Crippen LogP contribution in [0.25, 0.3) is 0 Å². The summed E-state index contributed by atoms with van der Waals surface area (Å²) in [5.41, 5.74) is 0. The first-order valence-electron chi connectivity index (χ1n) is 7.57. The molecule has 0 spiro atoms. The number of hydrogen-bond acceptors (Lipinski definition) is 5. The van der Waals surface area contributed by atoms with E-state index in [2.05, 4.69) is 41.5 Å². The van der Waals surface area contributed by atoms with Gasteiger partial charge in [-0.05, 0) is 18.8 Å². The maximum absolute atomic E-state index is 6.11. The zero-order chi connectivity index (χ0) is 13.4. The second-order valence-corrected chi connectivity index (χ2v) is 6.44. The molecule has 1 aliphatic carbocycles. The zero-order valence-corrected chi connectivity index (χ0v) is 12.0. The topological polar surface area (TPSA) is 56.6 Å². The van der Waals surface area contributed by atoms with Gasteiger partial charge in [-0.15, -0.1) is 0 Å². The summed E-state index contributed by atoms with van der Waals surface area (Å²) in [6.07, 6.45) is 7.22. The Morgan fingerprint density at radius 3 is 2.32 bits per heavy atom. The third-order valence-electron chi connectivity index (χ3n) is 4.80. The SMILES string of the molecule is CC(C)C1CN(C2NC3CC=CCC3N2)CCN1N. The number of nitrogens with zero attached hydrogens (tertiary/aromatic N) is 2. The van der Waals surface area contributed by atoms with Crippen LogP contribution in [0.4, 0.5) is 0 Å². The Kier molecular flexibility index (Phi) is 3.91. The van der Waals surface area contributed by atoms with Gasteiger partial charge in [0.2, 0.25) is 0 Å². The van der Waals surface area contributed by atoms with E-state index in [1.165, 1.54) is 0 Å². The first-order valence-corrected chi connectivity index (χ1v) is 7.57. The molecule has 5 nitrogen and oxygen atoms in total.